The highest BCUT2D eigenvalue weighted by Crippen LogP contribution is 2.44. The van der Waals surface area contributed by atoms with Gasteiger partial charge >= 0.3 is 0 Å². The summed E-state index contributed by atoms with van der Waals surface area (Å²) < 4.78 is 22.1. The van der Waals surface area contributed by atoms with Crippen LogP contribution in [0.2, 0.25) is 0 Å². The largest absolute Gasteiger partial charge is 0.399 e. The highest BCUT2D eigenvalue weighted by molar-refractivity contribution is 9.28. The molecule has 0 aliphatic heterocycles. The van der Waals surface area contributed by atoms with Gasteiger partial charge in [-0.25, -0.2) is 8.42 Å². The molecule has 0 aromatic heterocycles. The predicted octanol–water partition coefficient (Wildman–Crippen LogP) is 2.18. The highest BCUT2D eigenvalue weighted by Gasteiger charge is 2.45. The summed E-state index contributed by atoms with van der Waals surface area (Å²) in [5.41, 5.74) is 6.54. The van der Waals surface area contributed by atoms with Crippen molar-refractivity contribution in [3.8, 4) is 0 Å². The van der Waals surface area contributed by atoms with Crippen LogP contribution in [0.3, 0.4) is 0 Å². The van der Waals surface area contributed by atoms with E-state index >= 15 is 0 Å². The third-order valence-electron chi connectivity index (χ3n) is 2.37. The Morgan fingerprint density at radius 2 is 1.82 bits per heavy atom. The van der Waals surface area contributed by atoms with Crippen molar-refractivity contribution in [1.82, 2.24) is 0 Å². The summed E-state index contributed by atoms with van der Waals surface area (Å²) in [5, 5.41) is 10.1. The number of sulfone groups is 1. The highest BCUT2D eigenvalue weighted by atomic mass is 79.9. The van der Waals surface area contributed by atoms with Crippen LogP contribution in [0.4, 0.5) is 5.69 Å². The van der Waals surface area contributed by atoms with Crippen molar-refractivity contribution >= 4 is 47.4 Å². The van der Waals surface area contributed by atoms with Crippen LogP contribution in [0.5, 0.6) is 0 Å². The Labute approximate surface area is 117 Å². The maximum atomic E-state index is 11.8. The van der Waals surface area contributed by atoms with Gasteiger partial charge < -0.3 is 10.8 Å². The molecule has 0 amide bonds. The molecule has 0 unspecified atom stereocenters. The van der Waals surface area contributed by atoms with Crippen LogP contribution in [-0.2, 0) is 9.84 Å². The van der Waals surface area contributed by atoms with Gasteiger partial charge in [0.05, 0.1) is 0 Å². The number of hydrogen-bond donors (Lipinski definition) is 2. The number of rotatable bonds is 4. The Hall–Kier alpha value is -0.110. The van der Waals surface area contributed by atoms with Crippen LogP contribution < -0.4 is 5.73 Å². The van der Waals surface area contributed by atoms with E-state index in [1.54, 1.807) is 24.3 Å². The van der Waals surface area contributed by atoms with E-state index in [-0.39, 0.29) is 5.75 Å². The number of alkyl halides is 2. The van der Waals surface area contributed by atoms with Gasteiger partial charge in [0, 0.05) is 11.4 Å². The van der Waals surface area contributed by atoms with Gasteiger partial charge in [-0.05, 0) is 17.7 Å². The normalized spacial score (nSPS) is 14.6. The second kappa shape index (κ2) is 5.26. The molecule has 0 heterocycles. The van der Waals surface area contributed by atoms with Gasteiger partial charge in [-0.15, -0.1) is 0 Å². The SMILES string of the molecule is CCS(=O)(=O)C(Br)(Br)[C@@H](O)c1ccc(N)cc1. The molecule has 1 rings (SSSR count). The lowest BCUT2D eigenvalue weighted by molar-refractivity contribution is 0.189. The topological polar surface area (TPSA) is 80.4 Å². The smallest absolute Gasteiger partial charge is 0.210 e. The van der Waals surface area contributed by atoms with E-state index in [0.29, 0.717) is 11.3 Å². The molecule has 0 radical (unpaired) electrons. The lowest BCUT2D eigenvalue weighted by Gasteiger charge is -2.26. The van der Waals surface area contributed by atoms with Gasteiger partial charge in [0.2, 0.25) is 2.57 Å². The van der Waals surface area contributed by atoms with Gasteiger partial charge in [0.15, 0.2) is 9.84 Å². The molecule has 0 spiro atoms. The molecular weight excluding hydrogens is 374 g/mol. The number of hydrogen-bond acceptors (Lipinski definition) is 4. The summed E-state index contributed by atoms with van der Waals surface area (Å²) in [5.74, 6) is -0.0878. The number of anilines is 1. The van der Waals surface area contributed by atoms with Crippen LogP contribution >= 0.6 is 31.9 Å². The zero-order chi connectivity index (χ0) is 13.3. The fourth-order valence-corrected chi connectivity index (χ4v) is 4.00. The third-order valence-corrected chi connectivity index (χ3v) is 8.00. The minimum absolute atomic E-state index is 0.0878. The third kappa shape index (κ3) is 3.01. The van der Waals surface area contributed by atoms with E-state index in [4.69, 9.17) is 5.73 Å². The first-order valence-electron chi connectivity index (χ1n) is 4.86. The summed E-state index contributed by atoms with van der Waals surface area (Å²) in [4.78, 5) is 0. The van der Waals surface area contributed by atoms with Gasteiger partial charge in [0.25, 0.3) is 0 Å². The number of nitrogens with two attached hydrogens (primary N) is 1. The number of aliphatic hydroxyl groups excluding tert-OH is 1. The van der Waals surface area contributed by atoms with Crippen molar-refractivity contribution in [3.63, 3.8) is 0 Å². The van der Waals surface area contributed by atoms with Crippen LogP contribution in [0.1, 0.15) is 18.6 Å². The van der Waals surface area contributed by atoms with Crippen molar-refractivity contribution in [1.29, 1.82) is 0 Å². The molecule has 1 atom stereocenters. The van der Waals surface area contributed by atoms with Crippen LogP contribution in [-0.4, -0.2) is 21.8 Å². The zero-order valence-corrected chi connectivity index (χ0v) is 13.1. The molecule has 1 aromatic carbocycles. The van der Waals surface area contributed by atoms with Crippen molar-refractivity contribution in [2.24, 2.45) is 0 Å². The fourth-order valence-electron chi connectivity index (χ4n) is 1.23. The number of nitrogen functional groups attached to an aromatic ring is 1. The molecule has 17 heavy (non-hydrogen) atoms. The Balaban J connectivity index is 3.12. The summed E-state index contributed by atoms with van der Waals surface area (Å²) in [6, 6.07) is 6.38. The lowest BCUT2D eigenvalue weighted by atomic mass is 10.1. The molecule has 0 aliphatic carbocycles. The zero-order valence-electron chi connectivity index (χ0n) is 9.10. The molecule has 7 heteroatoms. The fraction of sp³-hybridized carbons (Fsp3) is 0.400. The second-order valence-corrected chi connectivity index (χ2v) is 10.6. The molecule has 0 aliphatic rings. The van der Waals surface area contributed by atoms with E-state index in [1.807, 2.05) is 0 Å². The Morgan fingerprint density at radius 1 is 1.35 bits per heavy atom. The van der Waals surface area contributed by atoms with E-state index in [2.05, 4.69) is 31.9 Å². The first-order valence-corrected chi connectivity index (χ1v) is 8.10. The van der Waals surface area contributed by atoms with Crippen molar-refractivity contribution in [2.75, 3.05) is 11.5 Å². The Morgan fingerprint density at radius 3 is 2.24 bits per heavy atom. The van der Waals surface area contributed by atoms with Crippen molar-refractivity contribution in [3.05, 3.63) is 29.8 Å². The molecule has 0 saturated carbocycles. The second-order valence-electron chi connectivity index (χ2n) is 3.53. The molecule has 0 saturated heterocycles. The first kappa shape index (κ1) is 14.9. The molecule has 96 valence electrons. The summed E-state index contributed by atoms with van der Waals surface area (Å²) in [6.45, 7) is 1.52. The first-order chi connectivity index (χ1) is 7.72. The monoisotopic (exact) mass is 385 g/mol. The summed E-state index contributed by atoms with van der Waals surface area (Å²) in [6.07, 6.45) is -1.23. The average molecular weight is 387 g/mol. The molecular formula is C10H13Br2NO3S. The van der Waals surface area contributed by atoms with Crippen LogP contribution in [0.15, 0.2) is 24.3 Å². The van der Waals surface area contributed by atoms with E-state index < -0.39 is 18.5 Å². The Bertz CT molecular complexity index is 485. The maximum absolute atomic E-state index is 11.8. The van der Waals surface area contributed by atoms with Gasteiger partial charge in [-0.3, -0.25) is 0 Å². The predicted molar refractivity (Wildman–Crippen MR) is 75.9 cm³/mol. The minimum atomic E-state index is -3.50. The van der Waals surface area contributed by atoms with E-state index in [9.17, 15) is 13.5 Å². The molecule has 4 nitrogen and oxygen atoms in total. The summed E-state index contributed by atoms with van der Waals surface area (Å²) in [7, 11) is -3.50. The summed E-state index contributed by atoms with van der Waals surface area (Å²) >= 11 is 6.06. The quantitative estimate of drug-likeness (QED) is 0.613. The molecule has 1 aromatic rings. The molecule has 0 fully saturated rings. The lowest BCUT2D eigenvalue weighted by Crippen LogP contribution is -2.33. The number of halogens is 2. The molecule has 3 N–H and O–H groups in total. The maximum Gasteiger partial charge on any atom is 0.210 e. The van der Waals surface area contributed by atoms with Crippen molar-refractivity contribution < 1.29 is 13.5 Å². The van der Waals surface area contributed by atoms with Gasteiger partial charge in [-0.2, -0.15) is 0 Å². The standard InChI is InChI=1S/C10H13Br2NO3S/c1-2-17(15,16)10(11,12)9(14)7-3-5-8(13)6-4-7/h3-6,9,14H,2,13H2,1H3/t9-/m0/s1. The number of aliphatic hydroxyl groups is 1. The van der Waals surface area contributed by atoms with E-state index in [1.165, 1.54) is 6.92 Å². The van der Waals surface area contributed by atoms with E-state index in [0.717, 1.165) is 0 Å². The van der Waals surface area contributed by atoms with Crippen LogP contribution in [0.25, 0.3) is 0 Å². The van der Waals surface area contributed by atoms with Gasteiger partial charge in [0.1, 0.15) is 6.10 Å². The number of benzene rings is 1. The minimum Gasteiger partial charge on any atom is -0.399 e. The van der Waals surface area contributed by atoms with Crippen LogP contribution in [0, 0.1) is 0 Å². The van der Waals surface area contributed by atoms with Gasteiger partial charge in [-0.1, -0.05) is 50.9 Å². The van der Waals surface area contributed by atoms with Crippen molar-refractivity contribution in [2.45, 2.75) is 15.6 Å². The Kier molecular flexibility index (Phi) is 4.62. The molecule has 0 bridgehead atoms. The average Bonchev–Trinajstić information content (AvgIpc) is 2.28.